The first kappa shape index (κ1) is 14.6. The number of hydrogen-bond acceptors (Lipinski definition) is 3. The summed E-state index contributed by atoms with van der Waals surface area (Å²) in [7, 11) is 0. The van der Waals surface area contributed by atoms with Crippen LogP contribution in [-0.2, 0) is 9.59 Å². The molecular weight excluding hydrogens is 268 g/mol. The largest absolute Gasteiger partial charge is 0.457 e. The number of carbonyl (C=O) groups is 2. The standard InChI is InChI=1S/C16H16N2O3/c1-11(19)17-13-3-7-15(8-4-13)21-16-9-5-14(6-10-16)18-12(2)20/h3-10H,1-2H3,(H,17,19)(H,18,20). The zero-order valence-electron chi connectivity index (χ0n) is 11.8. The van der Waals surface area contributed by atoms with Gasteiger partial charge in [-0.15, -0.1) is 0 Å². The van der Waals surface area contributed by atoms with Gasteiger partial charge in [-0.2, -0.15) is 0 Å². The molecule has 2 aromatic rings. The molecule has 0 unspecified atom stereocenters. The Morgan fingerprint density at radius 1 is 0.714 bits per heavy atom. The second-order valence-corrected chi connectivity index (χ2v) is 4.51. The van der Waals surface area contributed by atoms with E-state index in [4.69, 9.17) is 4.74 Å². The zero-order valence-corrected chi connectivity index (χ0v) is 11.8. The van der Waals surface area contributed by atoms with E-state index >= 15 is 0 Å². The SMILES string of the molecule is CC(=O)Nc1ccc(Oc2ccc(NC(C)=O)cc2)cc1. The molecule has 21 heavy (non-hydrogen) atoms. The Balaban J connectivity index is 2.01. The summed E-state index contributed by atoms with van der Waals surface area (Å²) in [5.41, 5.74) is 1.44. The van der Waals surface area contributed by atoms with Crippen LogP contribution in [0, 0.1) is 0 Å². The van der Waals surface area contributed by atoms with Crippen LogP contribution in [-0.4, -0.2) is 11.8 Å². The Hall–Kier alpha value is -2.82. The maximum absolute atomic E-state index is 10.9. The summed E-state index contributed by atoms with van der Waals surface area (Å²) in [6, 6.07) is 14.1. The molecule has 5 nitrogen and oxygen atoms in total. The van der Waals surface area contributed by atoms with Gasteiger partial charge in [-0.3, -0.25) is 9.59 Å². The molecule has 0 saturated carbocycles. The third-order valence-electron chi connectivity index (χ3n) is 2.59. The molecule has 0 aromatic heterocycles. The lowest BCUT2D eigenvalue weighted by Gasteiger charge is -2.08. The van der Waals surface area contributed by atoms with Crippen molar-refractivity contribution >= 4 is 23.2 Å². The topological polar surface area (TPSA) is 67.4 Å². The van der Waals surface area contributed by atoms with Crippen LogP contribution in [0.1, 0.15) is 13.8 Å². The van der Waals surface area contributed by atoms with E-state index in [1.54, 1.807) is 48.5 Å². The van der Waals surface area contributed by atoms with Crippen LogP contribution in [0.4, 0.5) is 11.4 Å². The van der Waals surface area contributed by atoms with Crippen LogP contribution in [0.5, 0.6) is 11.5 Å². The Labute approximate surface area is 122 Å². The lowest BCUT2D eigenvalue weighted by atomic mass is 10.3. The normalized spacial score (nSPS) is 9.81. The molecule has 0 saturated heterocycles. The summed E-state index contributed by atoms with van der Waals surface area (Å²) >= 11 is 0. The van der Waals surface area contributed by atoms with E-state index in [9.17, 15) is 9.59 Å². The molecule has 0 fully saturated rings. The Bertz CT molecular complexity index is 576. The Kier molecular flexibility index (Phi) is 4.56. The highest BCUT2D eigenvalue weighted by molar-refractivity contribution is 5.89. The quantitative estimate of drug-likeness (QED) is 0.904. The first-order chi connectivity index (χ1) is 10.0. The van der Waals surface area contributed by atoms with E-state index in [1.807, 2.05) is 0 Å². The summed E-state index contributed by atoms with van der Waals surface area (Å²) in [6.07, 6.45) is 0. The van der Waals surface area contributed by atoms with Gasteiger partial charge >= 0.3 is 0 Å². The fourth-order valence-corrected chi connectivity index (χ4v) is 1.76. The van der Waals surface area contributed by atoms with Crippen molar-refractivity contribution in [3.05, 3.63) is 48.5 Å². The van der Waals surface area contributed by atoms with Crippen LogP contribution >= 0.6 is 0 Å². The molecule has 2 rings (SSSR count). The predicted octanol–water partition coefficient (Wildman–Crippen LogP) is 3.40. The number of nitrogens with one attached hydrogen (secondary N) is 2. The molecular formula is C16H16N2O3. The molecule has 0 radical (unpaired) electrons. The van der Waals surface area contributed by atoms with Crippen LogP contribution in [0.3, 0.4) is 0 Å². The molecule has 0 spiro atoms. The molecule has 2 aromatic carbocycles. The van der Waals surface area contributed by atoms with Crippen LogP contribution in [0.15, 0.2) is 48.5 Å². The number of ether oxygens (including phenoxy) is 1. The first-order valence-corrected chi connectivity index (χ1v) is 6.46. The smallest absolute Gasteiger partial charge is 0.221 e. The monoisotopic (exact) mass is 284 g/mol. The van der Waals surface area contributed by atoms with Gasteiger partial charge in [0.1, 0.15) is 11.5 Å². The van der Waals surface area contributed by atoms with Crippen molar-refractivity contribution in [2.24, 2.45) is 0 Å². The third-order valence-corrected chi connectivity index (χ3v) is 2.59. The second-order valence-electron chi connectivity index (χ2n) is 4.51. The highest BCUT2D eigenvalue weighted by Gasteiger charge is 2.00. The number of rotatable bonds is 4. The van der Waals surface area contributed by atoms with Crippen LogP contribution in [0.25, 0.3) is 0 Å². The molecule has 108 valence electrons. The maximum atomic E-state index is 10.9. The van der Waals surface area contributed by atoms with Crippen molar-refractivity contribution in [3.63, 3.8) is 0 Å². The van der Waals surface area contributed by atoms with Crippen molar-refractivity contribution in [1.29, 1.82) is 0 Å². The van der Waals surface area contributed by atoms with Gasteiger partial charge in [0.2, 0.25) is 11.8 Å². The van der Waals surface area contributed by atoms with E-state index < -0.39 is 0 Å². The maximum Gasteiger partial charge on any atom is 0.221 e. The zero-order chi connectivity index (χ0) is 15.2. The lowest BCUT2D eigenvalue weighted by Crippen LogP contribution is -2.05. The lowest BCUT2D eigenvalue weighted by molar-refractivity contribution is -0.115. The van der Waals surface area contributed by atoms with Gasteiger partial charge in [0.05, 0.1) is 0 Å². The minimum absolute atomic E-state index is 0.114. The number of benzene rings is 2. The van der Waals surface area contributed by atoms with Crippen molar-refractivity contribution in [2.45, 2.75) is 13.8 Å². The van der Waals surface area contributed by atoms with Crippen molar-refractivity contribution in [2.75, 3.05) is 10.6 Å². The van der Waals surface area contributed by atoms with Gasteiger partial charge < -0.3 is 15.4 Å². The number of carbonyl (C=O) groups excluding carboxylic acids is 2. The van der Waals surface area contributed by atoms with E-state index in [1.165, 1.54) is 13.8 Å². The fraction of sp³-hybridized carbons (Fsp3) is 0.125. The molecule has 0 atom stereocenters. The van der Waals surface area contributed by atoms with Gasteiger partial charge in [0.25, 0.3) is 0 Å². The highest BCUT2D eigenvalue weighted by atomic mass is 16.5. The summed E-state index contributed by atoms with van der Waals surface area (Å²) in [4.78, 5) is 21.9. The first-order valence-electron chi connectivity index (χ1n) is 6.46. The number of hydrogen-bond donors (Lipinski definition) is 2. The summed E-state index contributed by atoms with van der Waals surface area (Å²) in [5.74, 6) is 1.10. The average molecular weight is 284 g/mol. The third kappa shape index (κ3) is 4.65. The molecule has 2 N–H and O–H groups in total. The molecule has 0 aliphatic carbocycles. The second kappa shape index (κ2) is 6.56. The minimum atomic E-state index is -0.114. The molecule has 2 amide bonds. The van der Waals surface area contributed by atoms with E-state index in [0.29, 0.717) is 11.5 Å². The van der Waals surface area contributed by atoms with E-state index in [0.717, 1.165) is 11.4 Å². The summed E-state index contributed by atoms with van der Waals surface area (Å²) < 4.78 is 5.67. The Morgan fingerprint density at radius 2 is 1.05 bits per heavy atom. The van der Waals surface area contributed by atoms with Gasteiger partial charge in [-0.25, -0.2) is 0 Å². The van der Waals surface area contributed by atoms with Gasteiger partial charge in [-0.05, 0) is 48.5 Å². The predicted molar refractivity (Wildman–Crippen MR) is 81.6 cm³/mol. The van der Waals surface area contributed by atoms with E-state index in [-0.39, 0.29) is 11.8 Å². The van der Waals surface area contributed by atoms with Crippen molar-refractivity contribution in [1.82, 2.24) is 0 Å². The average Bonchev–Trinajstić information content (AvgIpc) is 2.42. The van der Waals surface area contributed by atoms with Gasteiger partial charge in [0.15, 0.2) is 0 Å². The Morgan fingerprint density at radius 3 is 1.33 bits per heavy atom. The minimum Gasteiger partial charge on any atom is -0.457 e. The van der Waals surface area contributed by atoms with Crippen LogP contribution in [0.2, 0.25) is 0 Å². The van der Waals surface area contributed by atoms with Gasteiger partial charge in [-0.1, -0.05) is 0 Å². The highest BCUT2D eigenvalue weighted by Crippen LogP contribution is 2.24. The molecule has 0 aliphatic heterocycles. The van der Waals surface area contributed by atoms with Crippen molar-refractivity contribution in [3.8, 4) is 11.5 Å². The van der Waals surface area contributed by atoms with Crippen LogP contribution < -0.4 is 15.4 Å². The number of amides is 2. The summed E-state index contributed by atoms with van der Waals surface area (Å²) in [6.45, 7) is 2.92. The fourth-order valence-electron chi connectivity index (χ4n) is 1.76. The molecule has 0 bridgehead atoms. The molecule has 0 aliphatic rings. The summed E-state index contributed by atoms with van der Waals surface area (Å²) in [5, 5.41) is 5.37. The van der Waals surface area contributed by atoms with Crippen molar-refractivity contribution < 1.29 is 14.3 Å². The number of anilines is 2. The molecule has 0 heterocycles. The van der Waals surface area contributed by atoms with E-state index in [2.05, 4.69) is 10.6 Å². The molecule has 5 heteroatoms. The van der Waals surface area contributed by atoms with Gasteiger partial charge in [0, 0.05) is 25.2 Å².